The van der Waals surface area contributed by atoms with Crippen LogP contribution in [0.2, 0.25) is 0 Å². The van der Waals surface area contributed by atoms with Gasteiger partial charge in [0.1, 0.15) is 0 Å². The summed E-state index contributed by atoms with van der Waals surface area (Å²) in [5.41, 5.74) is 0. The normalized spacial score (nSPS) is 15.5. The van der Waals surface area contributed by atoms with Crippen LogP contribution in [0, 0.1) is 0 Å². The summed E-state index contributed by atoms with van der Waals surface area (Å²) < 4.78 is 3.97. The zero-order valence-electron chi connectivity index (χ0n) is 3.79. The van der Waals surface area contributed by atoms with E-state index >= 15 is 0 Å². The fourth-order valence-corrected chi connectivity index (χ4v) is 0.303. The molecule has 3 nitrogen and oxygen atoms in total. The third-order valence-corrected chi connectivity index (χ3v) is 0.557. The average Bonchev–Trinajstić information content (AvgIpc) is 1.87. The van der Waals surface area contributed by atoms with E-state index in [1.54, 1.807) is 0 Å². The van der Waals surface area contributed by atoms with Gasteiger partial charge in [-0.1, -0.05) is 0 Å². The van der Waals surface area contributed by atoms with Crippen molar-refractivity contribution in [3.05, 3.63) is 12.2 Å². The fourth-order valence-electron chi connectivity index (χ4n) is 0.303. The highest BCUT2D eigenvalue weighted by molar-refractivity contribution is 6.04. The van der Waals surface area contributed by atoms with Gasteiger partial charge in [0, 0.05) is 12.2 Å². The number of esters is 2. The Labute approximate surface area is 51.7 Å². The third kappa shape index (κ3) is 1.35. The second-order valence-corrected chi connectivity index (χ2v) is 1.07. The van der Waals surface area contributed by atoms with Crippen molar-refractivity contribution in [1.82, 2.24) is 0 Å². The molecule has 0 aromatic heterocycles. The molecule has 0 amide bonds. The first kappa shape index (κ1) is 7.17. The quantitative estimate of drug-likeness (QED) is 0.347. The number of rotatable bonds is 0. The van der Waals surface area contributed by atoms with E-state index < -0.39 is 11.9 Å². The van der Waals surface area contributed by atoms with Crippen LogP contribution in [0.3, 0.4) is 0 Å². The van der Waals surface area contributed by atoms with E-state index in [2.05, 4.69) is 4.74 Å². The molecule has 0 atom stereocenters. The van der Waals surface area contributed by atoms with Gasteiger partial charge in [0.25, 0.3) is 0 Å². The number of cyclic esters (lactones) is 2. The molecule has 44 valence electrons. The highest BCUT2D eigenvalue weighted by atomic mass is 35.5. The van der Waals surface area contributed by atoms with Crippen molar-refractivity contribution in [3.63, 3.8) is 0 Å². The Kier molecular flexibility index (Phi) is 2.21. The predicted octanol–water partition coefficient (Wildman–Crippen LogP) is 0.0478. The zero-order chi connectivity index (χ0) is 5.28. The Balaban J connectivity index is 0.000000490. The molecule has 1 aliphatic rings. The van der Waals surface area contributed by atoms with Gasteiger partial charge in [0.05, 0.1) is 0 Å². The summed E-state index contributed by atoms with van der Waals surface area (Å²) in [6.45, 7) is 0. The number of hydrogen-bond donors (Lipinski definition) is 0. The largest absolute Gasteiger partial charge is 0.387 e. The summed E-state index contributed by atoms with van der Waals surface area (Å²) in [5.74, 6) is -1.16. The maximum Gasteiger partial charge on any atom is 0.338 e. The Morgan fingerprint density at radius 3 is 1.62 bits per heavy atom. The van der Waals surface area contributed by atoms with E-state index in [0.29, 0.717) is 0 Å². The van der Waals surface area contributed by atoms with Crippen LogP contribution in [0.15, 0.2) is 12.2 Å². The first-order valence-electron chi connectivity index (χ1n) is 1.73. The summed E-state index contributed by atoms with van der Waals surface area (Å²) in [6.07, 6.45) is 2.17. The Hall–Kier alpha value is -0.830. The van der Waals surface area contributed by atoms with Crippen LogP contribution in [0.1, 0.15) is 0 Å². The minimum absolute atomic E-state index is 0. The van der Waals surface area contributed by atoms with Crippen molar-refractivity contribution in [2.24, 2.45) is 0 Å². The Bertz CT molecular complexity index is 133. The van der Waals surface area contributed by atoms with Gasteiger partial charge in [-0.05, 0) is 0 Å². The molecule has 0 N–H and O–H groups in total. The lowest BCUT2D eigenvalue weighted by molar-refractivity contribution is -0.150. The van der Waals surface area contributed by atoms with Gasteiger partial charge in [-0.25, -0.2) is 9.59 Å². The monoisotopic (exact) mass is 134 g/mol. The first-order chi connectivity index (χ1) is 3.29. The standard InChI is InChI=1S/C4H2O3.ClH/c5-3-1-2-4(6)7-3;/h1-2H;1H. The molecular formula is C4H3ClO3. The van der Waals surface area contributed by atoms with Crippen LogP contribution < -0.4 is 0 Å². The minimum Gasteiger partial charge on any atom is -0.387 e. The maximum atomic E-state index is 9.92. The SMILES string of the molecule is Cl.O=C1C=CC(=O)O1. The molecule has 0 saturated heterocycles. The van der Waals surface area contributed by atoms with Gasteiger partial charge >= 0.3 is 11.9 Å². The van der Waals surface area contributed by atoms with Crippen molar-refractivity contribution in [1.29, 1.82) is 0 Å². The number of carbonyl (C=O) groups is 2. The fraction of sp³-hybridized carbons (Fsp3) is 0. The van der Waals surface area contributed by atoms with Crippen molar-refractivity contribution in [2.75, 3.05) is 0 Å². The van der Waals surface area contributed by atoms with Gasteiger partial charge in [0.15, 0.2) is 0 Å². The molecule has 1 heterocycles. The third-order valence-electron chi connectivity index (χ3n) is 0.557. The van der Waals surface area contributed by atoms with E-state index in [1.165, 1.54) is 0 Å². The number of halogens is 1. The van der Waals surface area contributed by atoms with Crippen LogP contribution in [0.4, 0.5) is 0 Å². The highest BCUT2D eigenvalue weighted by Crippen LogP contribution is 1.92. The molecule has 0 aromatic rings. The minimum atomic E-state index is -0.579. The first-order valence-corrected chi connectivity index (χ1v) is 1.73. The number of ether oxygens (including phenoxy) is 1. The van der Waals surface area contributed by atoms with Crippen molar-refractivity contribution < 1.29 is 14.3 Å². The molecule has 8 heavy (non-hydrogen) atoms. The average molecular weight is 135 g/mol. The Morgan fingerprint density at radius 1 is 1.12 bits per heavy atom. The lowest BCUT2D eigenvalue weighted by atomic mass is 10.6. The predicted molar refractivity (Wildman–Crippen MR) is 27.5 cm³/mol. The molecule has 0 bridgehead atoms. The van der Waals surface area contributed by atoms with Crippen molar-refractivity contribution >= 4 is 24.3 Å². The molecule has 0 radical (unpaired) electrons. The second-order valence-electron chi connectivity index (χ2n) is 1.07. The molecule has 0 saturated carbocycles. The zero-order valence-corrected chi connectivity index (χ0v) is 4.60. The molecule has 0 spiro atoms. The number of carbonyl (C=O) groups excluding carboxylic acids is 2. The van der Waals surface area contributed by atoms with E-state index in [-0.39, 0.29) is 12.4 Å². The molecule has 0 unspecified atom stereocenters. The molecule has 4 heteroatoms. The lowest BCUT2D eigenvalue weighted by Gasteiger charge is -1.80. The van der Waals surface area contributed by atoms with Gasteiger partial charge in [-0.2, -0.15) is 0 Å². The van der Waals surface area contributed by atoms with Crippen LogP contribution in [0.5, 0.6) is 0 Å². The van der Waals surface area contributed by atoms with Crippen LogP contribution in [0.25, 0.3) is 0 Å². The smallest absolute Gasteiger partial charge is 0.338 e. The van der Waals surface area contributed by atoms with E-state index in [0.717, 1.165) is 12.2 Å². The van der Waals surface area contributed by atoms with E-state index in [4.69, 9.17) is 0 Å². The van der Waals surface area contributed by atoms with Crippen LogP contribution in [-0.2, 0) is 14.3 Å². The lowest BCUT2D eigenvalue weighted by Crippen LogP contribution is -1.96. The van der Waals surface area contributed by atoms with Gasteiger partial charge < -0.3 is 4.74 Å². The molecule has 1 rings (SSSR count). The molecular weight excluding hydrogens is 131 g/mol. The van der Waals surface area contributed by atoms with Crippen molar-refractivity contribution in [2.45, 2.75) is 0 Å². The molecule has 1 aliphatic heterocycles. The van der Waals surface area contributed by atoms with E-state index in [1.807, 2.05) is 0 Å². The van der Waals surface area contributed by atoms with Gasteiger partial charge in [0.2, 0.25) is 0 Å². The Morgan fingerprint density at radius 2 is 1.50 bits per heavy atom. The molecule has 0 fully saturated rings. The summed E-state index contributed by atoms with van der Waals surface area (Å²) in [6, 6.07) is 0. The van der Waals surface area contributed by atoms with Crippen LogP contribution in [-0.4, -0.2) is 11.9 Å². The summed E-state index contributed by atoms with van der Waals surface area (Å²) in [4.78, 5) is 19.8. The highest BCUT2D eigenvalue weighted by Gasteiger charge is 2.10. The molecule has 0 aliphatic carbocycles. The summed E-state index contributed by atoms with van der Waals surface area (Å²) in [7, 11) is 0. The summed E-state index contributed by atoms with van der Waals surface area (Å²) >= 11 is 0. The second kappa shape index (κ2) is 2.47. The number of hydrogen-bond acceptors (Lipinski definition) is 3. The van der Waals surface area contributed by atoms with Gasteiger partial charge in [-0.3, -0.25) is 0 Å². The maximum absolute atomic E-state index is 9.92. The topological polar surface area (TPSA) is 43.4 Å². The summed E-state index contributed by atoms with van der Waals surface area (Å²) in [5, 5.41) is 0. The van der Waals surface area contributed by atoms with Crippen LogP contribution >= 0.6 is 12.4 Å². The van der Waals surface area contributed by atoms with Gasteiger partial charge in [-0.15, -0.1) is 12.4 Å². The van der Waals surface area contributed by atoms with Crippen molar-refractivity contribution in [3.8, 4) is 0 Å². The molecule has 0 aromatic carbocycles. The van der Waals surface area contributed by atoms with E-state index in [9.17, 15) is 9.59 Å².